The highest BCUT2D eigenvalue weighted by Gasteiger charge is 2.26. The first-order valence-electron chi connectivity index (χ1n) is 5.98. The monoisotopic (exact) mass is 211 g/mol. The normalized spacial score (nSPS) is 32.1. The van der Waals surface area contributed by atoms with Gasteiger partial charge in [0.1, 0.15) is 0 Å². The molecule has 2 rings (SSSR count). The molecule has 2 heterocycles. The van der Waals surface area contributed by atoms with Crippen LogP contribution in [0.15, 0.2) is 0 Å². The third-order valence-corrected chi connectivity index (χ3v) is 3.52. The Bertz CT molecular complexity index is 228. The van der Waals surface area contributed by atoms with E-state index in [1.54, 1.807) is 0 Å². The Kier molecular flexibility index (Phi) is 3.59. The van der Waals surface area contributed by atoms with Crippen molar-refractivity contribution in [3.63, 3.8) is 0 Å². The number of hydrogen-bond acceptors (Lipinski definition) is 3. The van der Waals surface area contributed by atoms with Crippen LogP contribution in [0.5, 0.6) is 0 Å². The van der Waals surface area contributed by atoms with Crippen molar-refractivity contribution in [3.05, 3.63) is 0 Å². The molecule has 15 heavy (non-hydrogen) atoms. The summed E-state index contributed by atoms with van der Waals surface area (Å²) in [6, 6.07) is 0.627. The van der Waals surface area contributed by atoms with Crippen LogP contribution in [-0.2, 0) is 4.79 Å². The van der Waals surface area contributed by atoms with E-state index in [1.807, 2.05) is 7.05 Å². The smallest absolute Gasteiger partial charge is 0.237 e. The minimum atomic E-state index is 0.110. The summed E-state index contributed by atoms with van der Waals surface area (Å²) < 4.78 is 0. The molecule has 4 heteroatoms. The molecule has 0 saturated carbocycles. The molecule has 0 aromatic carbocycles. The predicted molar refractivity (Wildman–Crippen MR) is 59.7 cm³/mol. The molecule has 2 saturated heterocycles. The second kappa shape index (κ2) is 4.94. The Morgan fingerprint density at radius 2 is 2.27 bits per heavy atom. The van der Waals surface area contributed by atoms with Crippen LogP contribution in [0.3, 0.4) is 0 Å². The van der Waals surface area contributed by atoms with Gasteiger partial charge in [-0.15, -0.1) is 0 Å². The number of carbonyl (C=O) groups is 1. The zero-order chi connectivity index (χ0) is 10.7. The van der Waals surface area contributed by atoms with Crippen LogP contribution in [0.25, 0.3) is 0 Å². The average molecular weight is 211 g/mol. The van der Waals surface area contributed by atoms with Crippen LogP contribution in [0, 0.1) is 0 Å². The molecule has 2 atom stereocenters. The molecule has 0 aromatic rings. The quantitative estimate of drug-likeness (QED) is 0.688. The van der Waals surface area contributed by atoms with Gasteiger partial charge >= 0.3 is 0 Å². The van der Waals surface area contributed by atoms with Gasteiger partial charge in [-0.05, 0) is 39.4 Å². The molecule has 4 nitrogen and oxygen atoms in total. The SMILES string of the molecule is CN1CCCCC1C(=O)NCC1CCN1. The highest BCUT2D eigenvalue weighted by Crippen LogP contribution is 2.14. The summed E-state index contributed by atoms with van der Waals surface area (Å²) in [6.45, 7) is 2.95. The highest BCUT2D eigenvalue weighted by atomic mass is 16.2. The zero-order valence-corrected chi connectivity index (χ0v) is 9.46. The van der Waals surface area contributed by atoms with Crippen LogP contribution >= 0.6 is 0 Å². The minimum Gasteiger partial charge on any atom is -0.353 e. The van der Waals surface area contributed by atoms with Crippen LogP contribution in [-0.4, -0.2) is 49.6 Å². The molecular formula is C11H21N3O. The number of likely N-dealkylation sites (N-methyl/N-ethyl adjacent to an activating group) is 1. The third kappa shape index (κ3) is 2.69. The lowest BCUT2D eigenvalue weighted by Crippen LogP contribution is -2.54. The molecule has 0 aliphatic carbocycles. The number of hydrogen-bond donors (Lipinski definition) is 2. The lowest BCUT2D eigenvalue weighted by molar-refractivity contribution is -0.127. The maximum absolute atomic E-state index is 11.9. The summed E-state index contributed by atoms with van der Waals surface area (Å²) in [5, 5.41) is 6.33. The van der Waals surface area contributed by atoms with Gasteiger partial charge in [0.2, 0.25) is 5.91 Å². The van der Waals surface area contributed by atoms with E-state index < -0.39 is 0 Å². The van der Waals surface area contributed by atoms with E-state index in [4.69, 9.17) is 0 Å². The van der Waals surface area contributed by atoms with Crippen LogP contribution in [0.4, 0.5) is 0 Å². The Morgan fingerprint density at radius 3 is 2.87 bits per heavy atom. The Morgan fingerprint density at radius 1 is 1.47 bits per heavy atom. The summed E-state index contributed by atoms with van der Waals surface area (Å²) in [4.78, 5) is 14.0. The van der Waals surface area contributed by atoms with Crippen molar-refractivity contribution in [1.29, 1.82) is 0 Å². The van der Waals surface area contributed by atoms with Gasteiger partial charge in [-0.2, -0.15) is 0 Å². The number of nitrogens with zero attached hydrogens (tertiary/aromatic N) is 1. The second-order valence-electron chi connectivity index (χ2n) is 4.68. The van der Waals surface area contributed by atoms with E-state index in [0.29, 0.717) is 6.04 Å². The fourth-order valence-corrected chi connectivity index (χ4v) is 2.27. The van der Waals surface area contributed by atoms with Crippen molar-refractivity contribution in [3.8, 4) is 0 Å². The standard InChI is InChI=1S/C11H21N3O/c1-14-7-3-2-4-10(14)11(15)13-8-9-5-6-12-9/h9-10,12H,2-8H2,1H3,(H,13,15). The van der Waals surface area contributed by atoms with E-state index in [-0.39, 0.29) is 11.9 Å². The lowest BCUT2D eigenvalue weighted by atomic mass is 10.0. The molecule has 2 N–H and O–H groups in total. The number of rotatable bonds is 3. The van der Waals surface area contributed by atoms with Gasteiger partial charge in [0.15, 0.2) is 0 Å². The topological polar surface area (TPSA) is 44.4 Å². The number of nitrogens with one attached hydrogen (secondary N) is 2. The van der Waals surface area contributed by atoms with Gasteiger partial charge < -0.3 is 10.6 Å². The molecule has 2 aliphatic rings. The van der Waals surface area contributed by atoms with Crippen LogP contribution < -0.4 is 10.6 Å². The van der Waals surface area contributed by atoms with Crippen molar-refractivity contribution in [2.45, 2.75) is 37.8 Å². The maximum atomic E-state index is 11.9. The molecule has 2 unspecified atom stereocenters. The van der Waals surface area contributed by atoms with Gasteiger partial charge in [0.25, 0.3) is 0 Å². The first kappa shape index (κ1) is 10.9. The van der Waals surface area contributed by atoms with E-state index in [0.717, 1.165) is 26.1 Å². The van der Waals surface area contributed by atoms with Crippen molar-refractivity contribution in [1.82, 2.24) is 15.5 Å². The fraction of sp³-hybridized carbons (Fsp3) is 0.909. The van der Waals surface area contributed by atoms with E-state index in [9.17, 15) is 4.79 Å². The zero-order valence-electron chi connectivity index (χ0n) is 9.46. The Balaban J connectivity index is 1.73. The summed E-state index contributed by atoms with van der Waals surface area (Å²) >= 11 is 0. The second-order valence-corrected chi connectivity index (χ2v) is 4.68. The van der Waals surface area contributed by atoms with E-state index in [2.05, 4.69) is 15.5 Å². The molecule has 2 fully saturated rings. The predicted octanol–water partition coefficient (Wildman–Crippen LogP) is -0.0512. The fourth-order valence-electron chi connectivity index (χ4n) is 2.27. The molecule has 0 spiro atoms. The summed E-state index contributed by atoms with van der Waals surface area (Å²) in [5.41, 5.74) is 0. The van der Waals surface area contributed by atoms with Gasteiger partial charge in [0, 0.05) is 12.6 Å². The van der Waals surface area contributed by atoms with Gasteiger partial charge in [-0.3, -0.25) is 9.69 Å². The molecule has 86 valence electrons. The van der Waals surface area contributed by atoms with E-state index in [1.165, 1.54) is 19.3 Å². The molecule has 2 aliphatic heterocycles. The number of amides is 1. The summed E-state index contributed by atoms with van der Waals surface area (Å²) in [6.07, 6.45) is 4.62. The third-order valence-electron chi connectivity index (χ3n) is 3.52. The largest absolute Gasteiger partial charge is 0.353 e. The molecule has 0 radical (unpaired) electrons. The number of piperidine rings is 1. The summed E-state index contributed by atoms with van der Waals surface area (Å²) in [5.74, 6) is 0.214. The Hall–Kier alpha value is -0.610. The highest BCUT2D eigenvalue weighted by molar-refractivity contribution is 5.81. The molecule has 0 bridgehead atoms. The van der Waals surface area contributed by atoms with Crippen molar-refractivity contribution in [2.24, 2.45) is 0 Å². The molecule has 1 amide bonds. The average Bonchev–Trinajstić information content (AvgIpc) is 2.16. The number of carbonyl (C=O) groups excluding carboxylic acids is 1. The van der Waals surface area contributed by atoms with Gasteiger partial charge in [-0.1, -0.05) is 6.42 Å². The summed E-state index contributed by atoms with van der Waals surface area (Å²) in [7, 11) is 2.05. The van der Waals surface area contributed by atoms with Gasteiger partial charge in [-0.25, -0.2) is 0 Å². The van der Waals surface area contributed by atoms with Crippen molar-refractivity contribution < 1.29 is 4.79 Å². The lowest BCUT2D eigenvalue weighted by Gasteiger charge is -2.33. The Labute approximate surface area is 91.4 Å². The van der Waals surface area contributed by atoms with Crippen molar-refractivity contribution in [2.75, 3.05) is 26.7 Å². The minimum absolute atomic E-state index is 0.110. The first-order valence-corrected chi connectivity index (χ1v) is 5.98. The molecule has 0 aromatic heterocycles. The van der Waals surface area contributed by atoms with Crippen molar-refractivity contribution >= 4 is 5.91 Å². The van der Waals surface area contributed by atoms with E-state index >= 15 is 0 Å². The first-order chi connectivity index (χ1) is 7.27. The molecular weight excluding hydrogens is 190 g/mol. The van der Waals surface area contributed by atoms with Gasteiger partial charge in [0.05, 0.1) is 6.04 Å². The van der Waals surface area contributed by atoms with Crippen LogP contribution in [0.1, 0.15) is 25.7 Å². The maximum Gasteiger partial charge on any atom is 0.237 e. The van der Waals surface area contributed by atoms with Crippen LogP contribution in [0.2, 0.25) is 0 Å². The number of likely N-dealkylation sites (tertiary alicyclic amines) is 1.